The van der Waals surface area contributed by atoms with Crippen molar-refractivity contribution >= 4 is 17.6 Å². The minimum absolute atomic E-state index is 0.00685. The fourth-order valence-corrected chi connectivity index (χ4v) is 3.62. The average Bonchev–Trinajstić information content (AvgIpc) is 2.75. The molecule has 1 aromatic carbocycles. The Morgan fingerprint density at radius 3 is 2.59 bits per heavy atom. The molecule has 0 bridgehead atoms. The van der Waals surface area contributed by atoms with Crippen LogP contribution in [0.4, 0.5) is 0 Å². The monoisotopic (exact) mass is 425 g/mol. The van der Waals surface area contributed by atoms with E-state index < -0.39 is 0 Å². The van der Waals surface area contributed by atoms with Gasteiger partial charge in [-0.05, 0) is 37.0 Å². The Labute approximate surface area is 180 Å². The number of hydrogen-bond donors (Lipinski definition) is 2. The van der Waals surface area contributed by atoms with Crippen molar-refractivity contribution in [2.45, 2.75) is 38.0 Å². The molecule has 0 atom stereocenters. The van der Waals surface area contributed by atoms with Gasteiger partial charge in [0, 0.05) is 50.4 Å². The first-order valence-corrected chi connectivity index (χ1v) is 11.0. The molecule has 1 fully saturated rings. The van der Waals surface area contributed by atoms with E-state index in [4.69, 9.17) is 25.8 Å². The van der Waals surface area contributed by atoms with Crippen molar-refractivity contribution in [3.63, 3.8) is 0 Å². The standard InChI is InChI=1S/C22H36ClN3O3/c1-3-4-11-27-15-16-29-14-10-25-21(24-2)26-18-22(8-12-28-13-9-22)19-6-5-7-20(23)17-19/h5-7,17H,3-4,8-16,18H2,1-2H3,(H2,24,25,26). The van der Waals surface area contributed by atoms with E-state index in [0.29, 0.717) is 26.4 Å². The summed E-state index contributed by atoms with van der Waals surface area (Å²) in [5.74, 6) is 0.778. The molecule has 0 aliphatic carbocycles. The van der Waals surface area contributed by atoms with Gasteiger partial charge >= 0.3 is 0 Å². The molecule has 0 amide bonds. The minimum Gasteiger partial charge on any atom is -0.381 e. The van der Waals surface area contributed by atoms with Gasteiger partial charge in [-0.3, -0.25) is 4.99 Å². The van der Waals surface area contributed by atoms with Gasteiger partial charge in [0.05, 0.1) is 19.8 Å². The summed E-state index contributed by atoms with van der Waals surface area (Å²) in [6.45, 7) is 7.85. The highest BCUT2D eigenvalue weighted by atomic mass is 35.5. The van der Waals surface area contributed by atoms with Gasteiger partial charge in [-0.25, -0.2) is 0 Å². The number of rotatable bonds is 12. The number of halogens is 1. The highest BCUT2D eigenvalue weighted by molar-refractivity contribution is 6.30. The van der Waals surface area contributed by atoms with Gasteiger partial charge in [0.1, 0.15) is 0 Å². The molecule has 1 saturated heterocycles. The maximum Gasteiger partial charge on any atom is 0.191 e. The summed E-state index contributed by atoms with van der Waals surface area (Å²) >= 11 is 6.25. The van der Waals surface area contributed by atoms with Crippen molar-refractivity contribution in [1.29, 1.82) is 0 Å². The molecule has 7 heteroatoms. The summed E-state index contributed by atoms with van der Waals surface area (Å²) in [6.07, 6.45) is 4.17. The van der Waals surface area contributed by atoms with Crippen molar-refractivity contribution in [2.75, 3.05) is 59.8 Å². The Bertz CT molecular complexity index is 607. The Morgan fingerprint density at radius 2 is 1.90 bits per heavy atom. The molecule has 1 heterocycles. The Kier molecular flexibility index (Phi) is 11.4. The predicted octanol–water partition coefficient (Wildman–Crippen LogP) is 3.39. The lowest BCUT2D eigenvalue weighted by Crippen LogP contribution is -2.48. The van der Waals surface area contributed by atoms with Crippen molar-refractivity contribution in [3.8, 4) is 0 Å². The van der Waals surface area contributed by atoms with Gasteiger partial charge in [0.25, 0.3) is 0 Å². The summed E-state index contributed by atoms with van der Waals surface area (Å²) in [5, 5.41) is 7.57. The second kappa shape index (κ2) is 13.8. The molecule has 2 rings (SSSR count). The van der Waals surface area contributed by atoms with Gasteiger partial charge in [-0.15, -0.1) is 0 Å². The van der Waals surface area contributed by atoms with Gasteiger partial charge in [0.15, 0.2) is 5.96 Å². The molecule has 0 saturated carbocycles. The van der Waals surface area contributed by atoms with E-state index in [0.717, 1.165) is 63.0 Å². The predicted molar refractivity (Wildman–Crippen MR) is 119 cm³/mol. The topological polar surface area (TPSA) is 64.1 Å². The number of nitrogens with zero attached hydrogens (tertiary/aromatic N) is 1. The van der Waals surface area contributed by atoms with Crippen molar-refractivity contribution in [2.24, 2.45) is 4.99 Å². The number of ether oxygens (including phenoxy) is 3. The Morgan fingerprint density at radius 1 is 1.14 bits per heavy atom. The van der Waals surface area contributed by atoms with E-state index in [1.54, 1.807) is 7.05 Å². The molecule has 164 valence electrons. The second-order valence-corrected chi connectivity index (χ2v) is 7.77. The van der Waals surface area contributed by atoms with Crippen LogP contribution in [0.15, 0.2) is 29.3 Å². The van der Waals surface area contributed by atoms with Crippen LogP contribution in [0.5, 0.6) is 0 Å². The van der Waals surface area contributed by atoms with E-state index in [9.17, 15) is 0 Å². The van der Waals surface area contributed by atoms with E-state index >= 15 is 0 Å². The first-order chi connectivity index (χ1) is 14.2. The number of hydrogen-bond acceptors (Lipinski definition) is 4. The Balaban J connectivity index is 1.75. The van der Waals surface area contributed by atoms with Crippen LogP contribution in [0.3, 0.4) is 0 Å². The number of aliphatic imine (C=N–C) groups is 1. The third-order valence-electron chi connectivity index (χ3n) is 5.26. The van der Waals surface area contributed by atoms with Crippen LogP contribution in [0, 0.1) is 0 Å². The second-order valence-electron chi connectivity index (χ2n) is 7.33. The average molecular weight is 426 g/mol. The molecule has 29 heavy (non-hydrogen) atoms. The molecular weight excluding hydrogens is 390 g/mol. The summed E-state index contributed by atoms with van der Waals surface area (Å²) in [6, 6.07) is 8.17. The largest absolute Gasteiger partial charge is 0.381 e. The minimum atomic E-state index is -0.00685. The van der Waals surface area contributed by atoms with Gasteiger partial charge < -0.3 is 24.8 Å². The highest BCUT2D eigenvalue weighted by Gasteiger charge is 2.34. The third-order valence-corrected chi connectivity index (χ3v) is 5.49. The summed E-state index contributed by atoms with van der Waals surface area (Å²) in [4.78, 5) is 4.34. The van der Waals surface area contributed by atoms with Crippen LogP contribution >= 0.6 is 11.6 Å². The van der Waals surface area contributed by atoms with Gasteiger partial charge in [0.2, 0.25) is 0 Å². The maximum atomic E-state index is 6.25. The molecule has 1 aliphatic rings. The van der Waals surface area contributed by atoms with Crippen molar-refractivity contribution in [1.82, 2.24) is 10.6 Å². The van der Waals surface area contributed by atoms with Crippen LogP contribution in [0.25, 0.3) is 0 Å². The lowest BCUT2D eigenvalue weighted by atomic mass is 9.74. The zero-order valence-corrected chi connectivity index (χ0v) is 18.6. The number of nitrogens with one attached hydrogen (secondary N) is 2. The molecule has 6 nitrogen and oxygen atoms in total. The van der Waals surface area contributed by atoms with Crippen LogP contribution in [0.2, 0.25) is 5.02 Å². The normalized spacial score (nSPS) is 16.6. The maximum absolute atomic E-state index is 6.25. The van der Waals surface area contributed by atoms with E-state index in [1.807, 2.05) is 12.1 Å². The fourth-order valence-electron chi connectivity index (χ4n) is 3.43. The molecule has 1 aliphatic heterocycles. The first kappa shape index (κ1) is 23.9. The molecular formula is C22H36ClN3O3. The SMILES string of the molecule is CCCCOCCOCCNC(=NC)NCC1(c2cccc(Cl)c2)CCOCC1. The van der Waals surface area contributed by atoms with Gasteiger partial charge in [-0.2, -0.15) is 0 Å². The van der Waals surface area contributed by atoms with Crippen LogP contribution in [-0.2, 0) is 19.6 Å². The van der Waals surface area contributed by atoms with E-state index in [-0.39, 0.29) is 5.41 Å². The number of benzene rings is 1. The van der Waals surface area contributed by atoms with Crippen LogP contribution in [-0.4, -0.2) is 65.7 Å². The van der Waals surface area contributed by atoms with Crippen molar-refractivity contribution < 1.29 is 14.2 Å². The van der Waals surface area contributed by atoms with Crippen LogP contribution in [0.1, 0.15) is 38.2 Å². The fraction of sp³-hybridized carbons (Fsp3) is 0.682. The lowest BCUT2D eigenvalue weighted by Gasteiger charge is -2.38. The van der Waals surface area contributed by atoms with E-state index in [2.05, 4.69) is 34.7 Å². The number of guanidine groups is 1. The molecule has 0 radical (unpaired) electrons. The molecule has 1 aromatic rings. The quantitative estimate of drug-likeness (QED) is 0.305. The molecule has 0 spiro atoms. The zero-order valence-electron chi connectivity index (χ0n) is 17.8. The van der Waals surface area contributed by atoms with E-state index in [1.165, 1.54) is 5.56 Å². The smallest absolute Gasteiger partial charge is 0.191 e. The molecule has 2 N–H and O–H groups in total. The van der Waals surface area contributed by atoms with Gasteiger partial charge in [-0.1, -0.05) is 37.1 Å². The van der Waals surface area contributed by atoms with Crippen molar-refractivity contribution in [3.05, 3.63) is 34.9 Å². The first-order valence-electron chi connectivity index (χ1n) is 10.6. The lowest BCUT2D eigenvalue weighted by molar-refractivity contribution is 0.0484. The molecule has 0 aromatic heterocycles. The third kappa shape index (κ3) is 8.51. The zero-order chi connectivity index (χ0) is 20.8. The summed E-state index contributed by atoms with van der Waals surface area (Å²) in [7, 11) is 1.79. The summed E-state index contributed by atoms with van der Waals surface area (Å²) < 4.78 is 16.7. The Hall–Kier alpha value is -1.34. The highest BCUT2D eigenvalue weighted by Crippen LogP contribution is 2.35. The molecule has 0 unspecified atom stereocenters. The number of unbranched alkanes of at least 4 members (excludes halogenated alkanes) is 1. The summed E-state index contributed by atoms with van der Waals surface area (Å²) in [5.41, 5.74) is 1.25. The van der Waals surface area contributed by atoms with Crippen LogP contribution < -0.4 is 10.6 Å².